The maximum absolute atomic E-state index is 13.0. The summed E-state index contributed by atoms with van der Waals surface area (Å²) in [6.07, 6.45) is 2.94. The van der Waals surface area contributed by atoms with Crippen LogP contribution in [0.1, 0.15) is 24.8 Å². The van der Waals surface area contributed by atoms with Crippen LogP contribution in [0.5, 0.6) is 5.75 Å². The Morgan fingerprint density at radius 3 is 2.37 bits per heavy atom. The van der Waals surface area contributed by atoms with E-state index in [0.717, 1.165) is 25.2 Å². The number of carbonyl (C=O) groups is 1. The number of sulfonamides is 1. The number of nitrogens with zero attached hydrogens (tertiary/aromatic N) is 3. The molecule has 2 heterocycles. The van der Waals surface area contributed by atoms with Crippen LogP contribution in [0.2, 0.25) is 0 Å². The first-order valence-corrected chi connectivity index (χ1v) is 11.0. The molecule has 3 rings (SSSR count). The Bertz CT molecular complexity index is 767. The molecule has 0 radical (unpaired) electrons. The van der Waals surface area contributed by atoms with Crippen molar-refractivity contribution in [2.45, 2.75) is 31.1 Å². The zero-order valence-electron chi connectivity index (χ0n) is 16.2. The molecule has 0 N–H and O–H groups in total. The van der Waals surface area contributed by atoms with E-state index >= 15 is 0 Å². The standard InChI is InChI=1S/C19H29N3O4S/c1-16-5-6-17(26-2)18(15-16)27(24,25)22-13-11-21(12-14-22)19(23)7-10-20-8-3-4-9-20/h5-6,15H,3-4,7-14H2,1-2H3. The Labute approximate surface area is 161 Å². The molecule has 0 spiro atoms. The zero-order valence-corrected chi connectivity index (χ0v) is 17.0. The number of rotatable bonds is 6. The fourth-order valence-electron chi connectivity index (χ4n) is 3.72. The van der Waals surface area contributed by atoms with E-state index in [-0.39, 0.29) is 10.8 Å². The smallest absolute Gasteiger partial charge is 0.246 e. The Balaban J connectivity index is 1.59. The number of hydrogen-bond donors (Lipinski definition) is 0. The summed E-state index contributed by atoms with van der Waals surface area (Å²) in [7, 11) is -2.17. The molecule has 2 aliphatic heterocycles. The molecule has 0 bridgehead atoms. The fourth-order valence-corrected chi connectivity index (χ4v) is 5.38. The minimum absolute atomic E-state index is 0.118. The van der Waals surface area contributed by atoms with Crippen molar-refractivity contribution >= 4 is 15.9 Å². The molecule has 2 saturated heterocycles. The highest BCUT2D eigenvalue weighted by atomic mass is 32.2. The van der Waals surface area contributed by atoms with Gasteiger partial charge in [-0.15, -0.1) is 0 Å². The molecule has 1 aromatic rings. The second kappa shape index (κ2) is 8.58. The molecule has 2 fully saturated rings. The van der Waals surface area contributed by atoms with Gasteiger partial charge in [0.25, 0.3) is 0 Å². The van der Waals surface area contributed by atoms with Crippen LogP contribution >= 0.6 is 0 Å². The van der Waals surface area contributed by atoms with Gasteiger partial charge < -0.3 is 14.5 Å². The molecule has 0 saturated carbocycles. The minimum atomic E-state index is -3.64. The quantitative estimate of drug-likeness (QED) is 0.727. The van der Waals surface area contributed by atoms with Crippen molar-refractivity contribution in [1.82, 2.24) is 14.1 Å². The van der Waals surface area contributed by atoms with Gasteiger partial charge in [-0.2, -0.15) is 4.31 Å². The first-order valence-electron chi connectivity index (χ1n) is 9.57. The van der Waals surface area contributed by atoms with E-state index < -0.39 is 10.0 Å². The summed E-state index contributed by atoms with van der Waals surface area (Å²) in [5, 5.41) is 0. The van der Waals surface area contributed by atoms with Crippen molar-refractivity contribution in [3.8, 4) is 5.75 Å². The molecule has 0 aliphatic carbocycles. The summed E-state index contributed by atoms with van der Waals surface area (Å²) < 4.78 is 32.8. The normalized spacial score (nSPS) is 19.4. The number of benzene rings is 1. The average molecular weight is 396 g/mol. The summed E-state index contributed by atoms with van der Waals surface area (Å²) in [6, 6.07) is 5.15. The summed E-state index contributed by atoms with van der Waals surface area (Å²) in [5.74, 6) is 0.469. The molecular weight excluding hydrogens is 366 g/mol. The summed E-state index contributed by atoms with van der Waals surface area (Å²) in [5.41, 5.74) is 0.866. The molecule has 1 amide bonds. The molecule has 150 valence electrons. The lowest BCUT2D eigenvalue weighted by Gasteiger charge is -2.34. The summed E-state index contributed by atoms with van der Waals surface area (Å²) >= 11 is 0. The molecular formula is C19H29N3O4S. The highest BCUT2D eigenvalue weighted by Gasteiger charge is 2.32. The second-order valence-electron chi connectivity index (χ2n) is 7.24. The Hall–Kier alpha value is -1.64. The Morgan fingerprint density at radius 1 is 1.07 bits per heavy atom. The number of likely N-dealkylation sites (tertiary alicyclic amines) is 1. The van der Waals surface area contributed by atoms with Crippen molar-refractivity contribution < 1.29 is 17.9 Å². The number of amides is 1. The first-order chi connectivity index (χ1) is 12.9. The highest BCUT2D eigenvalue weighted by Crippen LogP contribution is 2.28. The third kappa shape index (κ3) is 4.62. The number of hydrogen-bond acceptors (Lipinski definition) is 5. The molecule has 8 heteroatoms. The lowest BCUT2D eigenvalue weighted by atomic mass is 10.2. The SMILES string of the molecule is COc1ccc(C)cc1S(=O)(=O)N1CCN(C(=O)CCN2CCCC2)CC1. The number of ether oxygens (including phenoxy) is 1. The Morgan fingerprint density at radius 2 is 1.74 bits per heavy atom. The van der Waals surface area contributed by atoms with Gasteiger partial charge in [0, 0.05) is 39.1 Å². The van der Waals surface area contributed by atoms with Crippen LogP contribution in [0.25, 0.3) is 0 Å². The summed E-state index contributed by atoms with van der Waals surface area (Å²) in [6.45, 7) is 6.32. The molecule has 7 nitrogen and oxygen atoms in total. The molecule has 0 aromatic heterocycles. The first kappa shape index (κ1) is 20.1. The minimum Gasteiger partial charge on any atom is -0.495 e. The van der Waals surface area contributed by atoms with E-state index in [1.165, 1.54) is 24.3 Å². The van der Waals surface area contributed by atoms with Gasteiger partial charge in [0.1, 0.15) is 10.6 Å². The van der Waals surface area contributed by atoms with E-state index in [2.05, 4.69) is 4.90 Å². The van der Waals surface area contributed by atoms with Gasteiger partial charge in [0.2, 0.25) is 15.9 Å². The molecule has 2 aliphatic rings. The number of carbonyl (C=O) groups excluding carboxylic acids is 1. The largest absolute Gasteiger partial charge is 0.495 e. The van der Waals surface area contributed by atoms with E-state index in [4.69, 9.17) is 4.74 Å². The van der Waals surface area contributed by atoms with Gasteiger partial charge >= 0.3 is 0 Å². The summed E-state index contributed by atoms with van der Waals surface area (Å²) in [4.78, 5) is 16.7. The predicted octanol–water partition coefficient (Wildman–Crippen LogP) is 1.32. The third-order valence-electron chi connectivity index (χ3n) is 5.37. The van der Waals surface area contributed by atoms with Crippen LogP contribution in [0.3, 0.4) is 0 Å². The van der Waals surface area contributed by atoms with Gasteiger partial charge in [-0.3, -0.25) is 4.79 Å². The van der Waals surface area contributed by atoms with Gasteiger partial charge in [0.05, 0.1) is 7.11 Å². The maximum atomic E-state index is 13.0. The highest BCUT2D eigenvalue weighted by molar-refractivity contribution is 7.89. The lowest BCUT2D eigenvalue weighted by molar-refractivity contribution is -0.132. The second-order valence-corrected chi connectivity index (χ2v) is 9.14. The van der Waals surface area contributed by atoms with E-state index in [9.17, 15) is 13.2 Å². The van der Waals surface area contributed by atoms with Crippen LogP contribution in [0.4, 0.5) is 0 Å². The maximum Gasteiger partial charge on any atom is 0.246 e. The fraction of sp³-hybridized carbons (Fsp3) is 0.632. The van der Waals surface area contributed by atoms with Gasteiger partial charge in [-0.1, -0.05) is 6.07 Å². The molecule has 0 atom stereocenters. The van der Waals surface area contributed by atoms with Crippen LogP contribution in [0.15, 0.2) is 23.1 Å². The Kier molecular flexibility index (Phi) is 6.39. The average Bonchev–Trinajstić information content (AvgIpc) is 3.20. The van der Waals surface area contributed by atoms with Crippen LogP contribution in [0, 0.1) is 6.92 Å². The van der Waals surface area contributed by atoms with Crippen LogP contribution in [-0.2, 0) is 14.8 Å². The molecule has 1 aromatic carbocycles. The molecule has 0 unspecified atom stereocenters. The van der Waals surface area contributed by atoms with Crippen molar-refractivity contribution in [1.29, 1.82) is 0 Å². The van der Waals surface area contributed by atoms with E-state index in [1.807, 2.05) is 13.0 Å². The van der Waals surface area contributed by atoms with E-state index in [0.29, 0.717) is 38.3 Å². The topological polar surface area (TPSA) is 70.2 Å². The monoisotopic (exact) mass is 395 g/mol. The van der Waals surface area contributed by atoms with Crippen LogP contribution in [-0.4, -0.2) is 81.4 Å². The van der Waals surface area contributed by atoms with Crippen molar-refractivity contribution in [3.63, 3.8) is 0 Å². The van der Waals surface area contributed by atoms with Crippen molar-refractivity contribution in [3.05, 3.63) is 23.8 Å². The van der Waals surface area contributed by atoms with Crippen molar-refractivity contribution in [2.75, 3.05) is 52.9 Å². The van der Waals surface area contributed by atoms with E-state index in [1.54, 1.807) is 17.0 Å². The third-order valence-corrected chi connectivity index (χ3v) is 7.29. The number of methoxy groups -OCH3 is 1. The van der Waals surface area contributed by atoms with Crippen molar-refractivity contribution in [2.24, 2.45) is 0 Å². The van der Waals surface area contributed by atoms with Crippen LogP contribution < -0.4 is 4.74 Å². The predicted molar refractivity (Wildman–Crippen MR) is 103 cm³/mol. The zero-order chi connectivity index (χ0) is 19.4. The lowest BCUT2D eigenvalue weighted by Crippen LogP contribution is -2.50. The van der Waals surface area contributed by atoms with Gasteiger partial charge in [0.15, 0.2) is 0 Å². The van der Waals surface area contributed by atoms with Gasteiger partial charge in [-0.25, -0.2) is 8.42 Å². The van der Waals surface area contributed by atoms with Gasteiger partial charge in [-0.05, 0) is 50.6 Å². The molecule has 27 heavy (non-hydrogen) atoms. The number of piperazine rings is 1. The number of aryl methyl sites for hydroxylation is 1.